The van der Waals surface area contributed by atoms with Crippen molar-refractivity contribution in [1.82, 2.24) is 5.32 Å². The standard InChI is InChI=1S/C10H17NOS/c1-8(12)13-9-6-10(11-7-9)4-2-3-5-10/h9,11H,2-7H2,1H3. The minimum atomic E-state index is 0.266. The van der Waals surface area contributed by atoms with E-state index in [1.807, 2.05) is 0 Å². The highest BCUT2D eigenvalue weighted by Crippen LogP contribution is 2.39. The van der Waals surface area contributed by atoms with Crippen LogP contribution in [0.25, 0.3) is 0 Å². The maximum Gasteiger partial charge on any atom is 0.186 e. The van der Waals surface area contributed by atoms with Crippen LogP contribution in [0.5, 0.6) is 0 Å². The van der Waals surface area contributed by atoms with Crippen LogP contribution in [0.15, 0.2) is 0 Å². The average Bonchev–Trinajstić information content (AvgIpc) is 2.63. The molecular weight excluding hydrogens is 182 g/mol. The molecule has 1 unspecified atom stereocenters. The Morgan fingerprint density at radius 2 is 2.15 bits per heavy atom. The summed E-state index contributed by atoms with van der Waals surface area (Å²) in [6.45, 7) is 2.70. The van der Waals surface area contributed by atoms with Crippen molar-refractivity contribution in [3.63, 3.8) is 0 Å². The van der Waals surface area contributed by atoms with Gasteiger partial charge in [0.25, 0.3) is 0 Å². The molecular formula is C10H17NOS. The molecule has 2 nitrogen and oxygen atoms in total. The molecule has 1 saturated carbocycles. The molecule has 0 radical (unpaired) electrons. The van der Waals surface area contributed by atoms with Crippen LogP contribution in [-0.4, -0.2) is 22.4 Å². The van der Waals surface area contributed by atoms with Gasteiger partial charge in [-0.1, -0.05) is 24.6 Å². The van der Waals surface area contributed by atoms with Gasteiger partial charge in [-0.15, -0.1) is 0 Å². The zero-order valence-corrected chi connectivity index (χ0v) is 8.95. The molecule has 13 heavy (non-hydrogen) atoms. The number of rotatable bonds is 1. The van der Waals surface area contributed by atoms with E-state index in [0.29, 0.717) is 10.8 Å². The van der Waals surface area contributed by atoms with Crippen LogP contribution in [0.1, 0.15) is 39.0 Å². The monoisotopic (exact) mass is 199 g/mol. The van der Waals surface area contributed by atoms with Gasteiger partial charge in [-0.25, -0.2) is 0 Å². The first kappa shape index (κ1) is 9.53. The van der Waals surface area contributed by atoms with Crippen LogP contribution >= 0.6 is 11.8 Å². The molecule has 1 aliphatic carbocycles. The molecule has 0 aromatic rings. The summed E-state index contributed by atoms with van der Waals surface area (Å²) in [7, 11) is 0. The first-order valence-electron chi connectivity index (χ1n) is 5.12. The van der Waals surface area contributed by atoms with Gasteiger partial charge in [-0.2, -0.15) is 0 Å². The molecule has 1 atom stereocenters. The molecule has 1 saturated heterocycles. The van der Waals surface area contributed by atoms with Crippen molar-refractivity contribution in [2.24, 2.45) is 0 Å². The van der Waals surface area contributed by atoms with E-state index in [1.54, 1.807) is 6.92 Å². The molecule has 1 N–H and O–H groups in total. The first-order chi connectivity index (χ1) is 6.20. The fourth-order valence-electron chi connectivity index (χ4n) is 2.66. The molecule has 2 aliphatic rings. The highest BCUT2D eigenvalue weighted by atomic mass is 32.2. The van der Waals surface area contributed by atoms with Crippen molar-refractivity contribution in [2.75, 3.05) is 6.54 Å². The normalized spacial score (nSPS) is 31.3. The Kier molecular flexibility index (Phi) is 2.65. The van der Waals surface area contributed by atoms with Crippen LogP contribution in [0, 0.1) is 0 Å². The van der Waals surface area contributed by atoms with Gasteiger partial charge >= 0.3 is 0 Å². The molecule has 74 valence electrons. The van der Waals surface area contributed by atoms with Gasteiger partial charge in [0.1, 0.15) is 0 Å². The predicted molar refractivity (Wildman–Crippen MR) is 55.9 cm³/mol. The van der Waals surface area contributed by atoms with Gasteiger partial charge < -0.3 is 5.32 Å². The second kappa shape index (κ2) is 3.62. The number of thioether (sulfide) groups is 1. The summed E-state index contributed by atoms with van der Waals surface area (Å²) in [4.78, 5) is 10.9. The van der Waals surface area contributed by atoms with Crippen LogP contribution in [0.4, 0.5) is 0 Å². The molecule has 0 amide bonds. The van der Waals surface area contributed by atoms with Gasteiger partial charge in [0.05, 0.1) is 0 Å². The summed E-state index contributed by atoms with van der Waals surface area (Å²) in [5.41, 5.74) is 0.424. The van der Waals surface area contributed by atoms with E-state index >= 15 is 0 Å². The Labute approximate surface area is 83.8 Å². The van der Waals surface area contributed by atoms with Crippen molar-refractivity contribution in [3.05, 3.63) is 0 Å². The smallest absolute Gasteiger partial charge is 0.186 e. The maximum atomic E-state index is 10.9. The third kappa shape index (κ3) is 2.08. The van der Waals surface area contributed by atoms with Crippen molar-refractivity contribution in [1.29, 1.82) is 0 Å². The predicted octanol–water partition coefficient (Wildman–Crippen LogP) is 1.94. The Hall–Kier alpha value is -0.0200. The van der Waals surface area contributed by atoms with Gasteiger partial charge in [0.15, 0.2) is 5.12 Å². The summed E-state index contributed by atoms with van der Waals surface area (Å²) in [5, 5.41) is 4.42. The lowest BCUT2D eigenvalue weighted by Crippen LogP contribution is -2.35. The second-order valence-electron chi connectivity index (χ2n) is 4.30. The van der Waals surface area contributed by atoms with Crippen molar-refractivity contribution in [3.8, 4) is 0 Å². The number of carbonyl (C=O) groups excluding carboxylic acids is 1. The third-order valence-corrected chi connectivity index (χ3v) is 4.22. The van der Waals surface area contributed by atoms with E-state index in [0.717, 1.165) is 6.54 Å². The molecule has 1 aliphatic heterocycles. The summed E-state index contributed by atoms with van der Waals surface area (Å²) in [5.74, 6) is 0. The molecule has 3 heteroatoms. The molecule has 2 fully saturated rings. The van der Waals surface area contributed by atoms with E-state index in [2.05, 4.69) is 5.32 Å². The lowest BCUT2D eigenvalue weighted by Gasteiger charge is -2.22. The van der Waals surface area contributed by atoms with E-state index in [9.17, 15) is 4.79 Å². The molecule has 0 aromatic heterocycles. The van der Waals surface area contributed by atoms with Gasteiger partial charge in [0.2, 0.25) is 0 Å². The lowest BCUT2D eigenvalue weighted by molar-refractivity contribution is -0.109. The minimum absolute atomic E-state index is 0.266. The lowest BCUT2D eigenvalue weighted by atomic mass is 9.96. The molecule has 0 bridgehead atoms. The maximum absolute atomic E-state index is 10.9. The Balaban J connectivity index is 1.89. The van der Waals surface area contributed by atoms with E-state index < -0.39 is 0 Å². The van der Waals surface area contributed by atoms with Crippen molar-refractivity contribution < 1.29 is 4.79 Å². The largest absolute Gasteiger partial charge is 0.310 e. The van der Waals surface area contributed by atoms with Crippen molar-refractivity contribution in [2.45, 2.75) is 49.8 Å². The fraction of sp³-hybridized carbons (Fsp3) is 0.900. The topological polar surface area (TPSA) is 29.1 Å². The molecule has 0 aromatic carbocycles. The Morgan fingerprint density at radius 1 is 1.46 bits per heavy atom. The van der Waals surface area contributed by atoms with Crippen LogP contribution < -0.4 is 5.32 Å². The fourth-order valence-corrected chi connectivity index (χ4v) is 3.70. The zero-order valence-electron chi connectivity index (χ0n) is 8.14. The van der Waals surface area contributed by atoms with E-state index in [-0.39, 0.29) is 5.12 Å². The van der Waals surface area contributed by atoms with E-state index in [1.165, 1.54) is 43.9 Å². The summed E-state index contributed by atoms with van der Waals surface area (Å²) in [6, 6.07) is 0. The quantitative estimate of drug-likeness (QED) is 0.700. The van der Waals surface area contributed by atoms with Crippen molar-refractivity contribution >= 4 is 16.9 Å². The van der Waals surface area contributed by atoms with Gasteiger partial charge in [-0.05, 0) is 19.3 Å². The summed E-state index contributed by atoms with van der Waals surface area (Å²) >= 11 is 1.52. The number of hydrogen-bond acceptors (Lipinski definition) is 3. The highest BCUT2D eigenvalue weighted by molar-refractivity contribution is 8.14. The molecule has 1 spiro atoms. The average molecular weight is 199 g/mol. The molecule has 1 heterocycles. The van der Waals surface area contributed by atoms with E-state index in [4.69, 9.17) is 0 Å². The minimum Gasteiger partial charge on any atom is -0.310 e. The Bertz CT molecular complexity index is 211. The SMILES string of the molecule is CC(=O)SC1CNC2(CCCC2)C1. The highest BCUT2D eigenvalue weighted by Gasteiger charge is 2.41. The van der Waals surface area contributed by atoms with Crippen LogP contribution in [0.3, 0.4) is 0 Å². The molecule has 2 rings (SSSR count). The first-order valence-corrected chi connectivity index (χ1v) is 6.00. The summed E-state index contributed by atoms with van der Waals surface area (Å²) < 4.78 is 0. The zero-order chi connectivity index (χ0) is 9.31. The third-order valence-electron chi connectivity index (χ3n) is 3.22. The van der Waals surface area contributed by atoms with Crippen LogP contribution in [0.2, 0.25) is 0 Å². The number of carbonyl (C=O) groups is 1. The number of hydrogen-bond donors (Lipinski definition) is 1. The van der Waals surface area contributed by atoms with Gasteiger partial charge in [0, 0.05) is 24.3 Å². The Morgan fingerprint density at radius 3 is 2.77 bits per heavy atom. The summed E-state index contributed by atoms with van der Waals surface area (Å²) in [6.07, 6.45) is 6.58. The second-order valence-corrected chi connectivity index (χ2v) is 5.78. The van der Waals surface area contributed by atoms with Gasteiger partial charge in [-0.3, -0.25) is 4.79 Å². The van der Waals surface area contributed by atoms with Crippen LogP contribution in [-0.2, 0) is 4.79 Å². The number of nitrogens with one attached hydrogen (secondary N) is 1.